The van der Waals surface area contributed by atoms with E-state index in [1.165, 1.54) is 38.0 Å². The van der Waals surface area contributed by atoms with E-state index in [4.69, 9.17) is 10.3 Å². The number of aromatic hydroxyl groups is 1. The van der Waals surface area contributed by atoms with Crippen molar-refractivity contribution < 1.29 is 10.3 Å². The van der Waals surface area contributed by atoms with Crippen LogP contribution in [0.4, 0.5) is 0 Å². The maximum absolute atomic E-state index is 9.04. The fourth-order valence-corrected chi connectivity index (χ4v) is 5.55. The Morgan fingerprint density at radius 1 is 1.11 bits per heavy atom. The Labute approximate surface area is 127 Å². The van der Waals surface area contributed by atoms with Gasteiger partial charge in [-0.3, -0.25) is 0 Å². The molecule has 0 aliphatic rings. The molecule has 2 radical (unpaired) electrons. The first-order valence-electron chi connectivity index (χ1n) is 6.92. The molecule has 106 valence electrons. The number of benzene rings is 1. The van der Waals surface area contributed by atoms with Gasteiger partial charge < -0.3 is 10.3 Å². The van der Waals surface area contributed by atoms with Crippen molar-refractivity contribution >= 4 is 27.4 Å². The van der Waals surface area contributed by atoms with Gasteiger partial charge in [0, 0.05) is 5.56 Å². The zero-order chi connectivity index (χ0) is 14.3. The van der Waals surface area contributed by atoms with Gasteiger partial charge in [0.05, 0.1) is 6.21 Å². The van der Waals surface area contributed by atoms with Crippen LogP contribution in [-0.2, 0) is 0 Å². The van der Waals surface area contributed by atoms with Crippen LogP contribution >= 0.6 is 0 Å². The second-order valence-electron chi connectivity index (χ2n) is 4.26. The topological polar surface area (TPSA) is 52.8 Å². The Bertz CT molecular complexity index is 337. The number of oxime groups is 1. The van der Waals surface area contributed by atoms with Crippen molar-refractivity contribution in [3.05, 3.63) is 29.8 Å². The summed E-state index contributed by atoms with van der Waals surface area (Å²) in [4.78, 5) is 0. The third-order valence-electron chi connectivity index (χ3n) is 2.55. The Morgan fingerprint density at radius 2 is 1.68 bits per heavy atom. The second-order valence-corrected chi connectivity index (χ2v) is 8.54. The summed E-state index contributed by atoms with van der Waals surface area (Å²) in [5, 5.41) is 19.9. The van der Waals surface area contributed by atoms with Crippen LogP contribution in [0.25, 0.3) is 0 Å². The van der Waals surface area contributed by atoms with E-state index in [0.717, 1.165) is 0 Å². The monoisotopic (exact) mass is 371 g/mol. The molecular formula is C15H25NO2Sn. The van der Waals surface area contributed by atoms with Crippen LogP contribution < -0.4 is 0 Å². The maximum Gasteiger partial charge on any atom is 0.124 e. The SMILES string of the molecule is CCC[CH2][Sn][CH2]CCC.O/N=C\c1ccccc1O. The molecule has 0 amide bonds. The van der Waals surface area contributed by atoms with Gasteiger partial charge in [0.25, 0.3) is 0 Å². The summed E-state index contributed by atoms with van der Waals surface area (Å²) in [6, 6.07) is 6.62. The minimum atomic E-state index is 0.111. The molecule has 0 aliphatic heterocycles. The van der Waals surface area contributed by atoms with E-state index >= 15 is 0 Å². The van der Waals surface area contributed by atoms with E-state index < -0.39 is 0 Å². The smallest absolute Gasteiger partial charge is 0.124 e. The molecule has 0 unspecified atom stereocenters. The fourth-order valence-electron chi connectivity index (χ4n) is 1.39. The molecule has 0 heterocycles. The first-order valence-corrected chi connectivity index (χ1v) is 11.0. The first kappa shape index (κ1) is 18.3. The number of phenols is 1. The van der Waals surface area contributed by atoms with Gasteiger partial charge in [0.15, 0.2) is 0 Å². The maximum atomic E-state index is 9.04. The minimum Gasteiger partial charge on any atom is -0.507 e. The summed E-state index contributed by atoms with van der Waals surface area (Å²) >= 11 is 0.149. The number of phenolic OH excluding ortho intramolecular Hbond substituents is 1. The molecule has 19 heavy (non-hydrogen) atoms. The molecule has 4 heteroatoms. The third-order valence-corrected chi connectivity index (χ3v) is 6.58. The molecule has 0 aromatic heterocycles. The summed E-state index contributed by atoms with van der Waals surface area (Å²) in [5.74, 6) is 0.111. The molecule has 1 aromatic carbocycles. The summed E-state index contributed by atoms with van der Waals surface area (Å²) < 4.78 is 3.25. The Morgan fingerprint density at radius 3 is 2.16 bits per heavy atom. The molecule has 0 saturated heterocycles. The van der Waals surface area contributed by atoms with Crippen molar-refractivity contribution in [3.8, 4) is 5.75 Å². The number of hydrogen-bond acceptors (Lipinski definition) is 3. The van der Waals surface area contributed by atoms with Crippen LogP contribution in [0.5, 0.6) is 5.75 Å². The standard InChI is InChI=1S/C7H7NO2.2C4H9.Sn/c9-7-4-2-1-3-6(7)5-8-10;2*1-3-4-2;/h1-5,9-10H;2*1,3-4H2,2H3;/b8-5-;;;. The normalized spacial score (nSPS) is 10.2. The number of hydrogen-bond donors (Lipinski definition) is 2. The van der Waals surface area contributed by atoms with Gasteiger partial charge in [0.1, 0.15) is 5.75 Å². The zero-order valence-corrected chi connectivity index (χ0v) is 14.8. The van der Waals surface area contributed by atoms with Crippen LogP contribution in [0.3, 0.4) is 0 Å². The molecule has 1 rings (SSSR count). The van der Waals surface area contributed by atoms with Gasteiger partial charge in [-0.15, -0.1) is 0 Å². The van der Waals surface area contributed by atoms with E-state index in [0.29, 0.717) is 5.56 Å². The predicted molar refractivity (Wildman–Crippen MR) is 82.7 cm³/mol. The van der Waals surface area contributed by atoms with Gasteiger partial charge in [-0.1, -0.05) is 17.3 Å². The van der Waals surface area contributed by atoms with Crippen molar-refractivity contribution in [3.63, 3.8) is 0 Å². The molecule has 0 aliphatic carbocycles. The van der Waals surface area contributed by atoms with Gasteiger partial charge in [-0.05, 0) is 12.1 Å². The minimum absolute atomic E-state index is 0.111. The average Bonchev–Trinajstić information content (AvgIpc) is 2.42. The largest absolute Gasteiger partial charge is 0.507 e. The average molecular weight is 370 g/mol. The van der Waals surface area contributed by atoms with Gasteiger partial charge >= 0.3 is 69.5 Å². The first-order chi connectivity index (χ1) is 9.26. The van der Waals surface area contributed by atoms with Crippen molar-refractivity contribution in [2.45, 2.75) is 48.4 Å². The van der Waals surface area contributed by atoms with E-state index in [9.17, 15) is 0 Å². The van der Waals surface area contributed by atoms with Crippen molar-refractivity contribution in [2.24, 2.45) is 5.16 Å². The Balaban J connectivity index is 0.000000344. The third kappa shape index (κ3) is 10.9. The zero-order valence-electron chi connectivity index (χ0n) is 12.0. The number of unbranched alkanes of at least 4 members (excludes halogenated alkanes) is 2. The number of rotatable bonds is 7. The quantitative estimate of drug-likeness (QED) is 0.247. The van der Waals surface area contributed by atoms with E-state index in [2.05, 4.69) is 19.0 Å². The fraction of sp³-hybridized carbons (Fsp3) is 0.533. The number of nitrogens with zero attached hydrogens (tertiary/aromatic N) is 1. The van der Waals surface area contributed by atoms with Crippen LogP contribution in [0.1, 0.15) is 45.1 Å². The molecule has 0 atom stereocenters. The van der Waals surface area contributed by atoms with Gasteiger partial charge in [-0.25, -0.2) is 0 Å². The van der Waals surface area contributed by atoms with E-state index in [1.54, 1.807) is 27.1 Å². The van der Waals surface area contributed by atoms with Crippen LogP contribution in [0.2, 0.25) is 8.87 Å². The van der Waals surface area contributed by atoms with Crippen LogP contribution in [0, 0.1) is 0 Å². The summed E-state index contributed by atoms with van der Waals surface area (Å²) in [6.07, 6.45) is 7.01. The molecule has 0 bridgehead atoms. The van der Waals surface area contributed by atoms with E-state index in [1.807, 2.05) is 0 Å². The van der Waals surface area contributed by atoms with Crippen molar-refractivity contribution in [2.75, 3.05) is 0 Å². The molecular weight excluding hydrogens is 345 g/mol. The van der Waals surface area contributed by atoms with Crippen molar-refractivity contribution in [1.29, 1.82) is 0 Å². The summed E-state index contributed by atoms with van der Waals surface area (Å²) in [5.41, 5.74) is 0.505. The molecule has 0 saturated carbocycles. The predicted octanol–water partition coefficient (Wildman–Crippen LogP) is 4.33. The van der Waals surface area contributed by atoms with E-state index in [-0.39, 0.29) is 26.9 Å². The van der Waals surface area contributed by atoms with Gasteiger partial charge in [0.2, 0.25) is 0 Å². The molecule has 3 nitrogen and oxygen atoms in total. The van der Waals surface area contributed by atoms with Crippen LogP contribution in [-0.4, -0.2) is 37.7 Å². The Hall–Kier alpha value is -0.711. The molecule has 1 aromatic rings. The summed E-state index contributed by atoms with van der Waals surface area (Å²) in [7, 11) is 0. The number of para-hydroxylation sites is 1. The Kier molecular flexibility index (Phi) is 13.2. The van der Waals surface area contributed by atoms with Gasteiger partial charge in [-0.2, -0.15) is 0 Å². The molecule has 2 N–H and O–H groups in total. The van der Waals surface area contributed by atoms with Crippen LogP contribution in [0.15, 0.2) is 29.4 Å². The van der Waals surface area contributed by atoms with Crippen molar-refractivity contribution in [1.82, 2.24) is 0 Å². The second kappa shape index (κ2) is 13.7. The summed E-state index contributed by atoms with van der Waals surface area (Å²) in [6.45, 7) is 4.58. The molecule has 0 spiro atoms. The molecule has 0 fully saturated rings.